The maximum absolute atomic E-state index is 10.7. The molecule has 4 fully saturated rings. The van der Waals surface area contributed by atoms with E-state index in [0.717, 1.165) is 60.8 Å². The van der Waals surface area contributed by atoms with Gasteiger partial charge in [-0.2, -0.15) is 0 Å². The van der Waals surface area contributed by atoms with Gasteiger partial charge >= 0.3 is 0 Å². The van der Waals surface area contributed by atoms with Crippen LogP contribution in [0.4, 0.5) is 0 Å². The Morgan fingerprint density at radius 1 is 0.346 bits per heavy atom. The largest absolute Gasteiger partial charge is 0.508 e. The highest BCUT2D eigenvalue weighted by Gasteiger charge is 2.48. The van der Waals surface area contributed by atoms with Crippen molar-refractivity contribution in [3.05, 3.63) is 131 Å². The summed E-state index contributed by atoms with van der Waals surface area (Å²) < 4.78 is 0. The summed E-state index contributed by atoms with van der Waals surface area (Å²) in [6.45, 7) is 0. The van der Waals surface area contributed by atoms with Crippen molar-refractivity contribution in [2.45, 2.75) is 111 Å². The van der Waals surface area contributed by atoms with Gasteiger partial charge in [-0.15, -0.1) is 0 Å². The smallest absolute Gasteiger partial charge is 0.115 e. The molecule has 4 aromatic rings. The van der Waals surface area contributed by atoms with Gasteiger partial charge in [0.2, 0.25) is 0 Å². The fourth-order valence-corrected chi connectivity index (χ4v) is 10.9. The molecule has 12 unspecified atom stereocenters. The average Bonchev–Trinajstić information content (AvgIpc) is 3.96. The topological polar surface area (TPSA) is 129 Å². The zero-order chi connectivity index (χ0) is 35.3. The Morgan fingerprint density at radius 3 is 0.904 bits per heavy atom. The SMILES string of the molecule is Oc1cccc(C2C3C=CC(N3)C(c3cccc(O)c3)C3CCC(N3)C(c3cccc(O)c3)C3CCC(N3)C(c3cccc(O)c3)C3CCC2N3)c1. The lowest BCUT2D eigenvalue weighted by atomic mass is 9.83. The van der Waals surface area contributed by atoms with Gasteiger partial charge in [-0.05, 0) is 109 Å². The van der Waals surface area contributed by atoms with E-state index in [2.05, 4.69) is 57.7 Å². The summed E-state index contributed by atoms with van der Waals surface area (Å²) in [5.41, 5.74) is 4.51. The van der Waals surface area contributed by atoms with E-state index in [-0.39, 0.29) is 95.0 Å². The number of aromatic hydroxyl groups is 4. The lowest BCUT2D eigenvalue weighted by Crippen LogP contribution is -2.52. The quantitative estimate of drug-likeness (QED) is 0.118. The summed E-state index contributed by atoms with van der Waals surface area (Å²) in [6.07, 6.45) is 10.7. The monoisotopic (exact) mass is 698 g/mol. The molecule has 0 spiro atoms. The molecule has 5 aliphatic rings. The van der Waals surface area contributed by atoms with E-state index in [9.17, 15) is 20.4 Å². The molecule has 5 heterocycles. The molecule has 9 rings (SSSR count). The standard InChI is InChI=1S/C44H50N4O4/c49-29-9-1-5-25(21-29)41-33-13-15-35(45-33)42(26-6-2-10-30(50)22-26)37-17-19-39(47-37)44(28-8-4-12-32(52)24-28)40-20-18-38(48-40)43(36-16-14-34(41)46-36)27-7-3-11-31(51)23-27/h1-13,15,21-24,33-52H,14,16-20H2. The molecule has 8 nitrogen and oxygen atoms in total. The zero-order valence-corrected chi connectivity index (χ0v) is 29.4. The van der Waals surface area contributed by atoms with E-state index >= 15 is 0 Å². The van der Waals surface area contributed by atoms with E-state index in [1.165, 1.54) is 0 Å². The van der Waals surface area contributed by atoms with Crippen molar-refractivity contribution in [2.75, 3.05) is 0 Å². The molecular weight excluding hydrogens is 649 g/mol. The van der Waals surface area contributed by atoms with E-state index in [4.69, 9.17) is 0 Å². The Morgan fingerprint density at radius 2 is 0.615 bits per heavy atom. The normalized spacial score (nSPS) is 35.5. The number of phenols is 4. The lowest BCUT2D eigenvalue weighted by molar-refractivity contribution is 0.309. The van der Waals surface area contributed by atoms with Gasteiger partial charge in [0.15, 0.2) is 0 Å². The van der Waals surface area contributed by atoms with Gasteiger partial charge in [-0.25, -0.2) is 0 Å². The molecule has 0 radical (unpaired) electrons. The molecule has 0 aromatic heterocycles. The molecule has 0 amide bonds. The summed E-state index contributed by atoms with van der Waals surface area (Å²) in [5.74, 6) is 1.56. The summed E-state index contributed by atoms with van der Waals surface area (Å²) in [5, 5.41) is 59.3. The third kappa shape index (κ3) is 6.36. The van der Waals surface area contributed by atoms with Crippen LogP contribution in [0, 0.1) is 0 Å². The number of phenolic OH excluding ortho intramolecular Hbond substituents is 4. The van der Waals surface area contributed by atoms with Crippen LogP contribution >= 0.6 is 0 Å². The van der Waals surface area contributed by atoms with Crippen LogP contribution in [0.15, 0.2) is 109 Å². The number of benzene rings is 4. The summed E-state index contributed by atoms with van der Waals surface area (Å²) in [6, 6.07) is 32.3. The Bertz CT molecular complexity index is 1800. The van der Waals surface area contributed by atoms with Gasteiger partial charge in [-0.1, -0.05) is 60.7 Å². The lowest BCUT2D eigenvalue weighted by Gasteiger charge is -2.37. The fraction of sp³-hybridized carbons (Fsp3) is 0.409. The van der Waals surface area contributed by atoms with Crippen LogP contribution in [0.3, 0.4) is 0 Å². The number of fused-ring (bicyclic) bond motifs is 8. The molecule has 4 aromatic carbocycles. The number of hydrogen-bond donors (Lipinski definition) is 8. The minimum atomic E-state index is 0.0289. The van der Waals surface area contributed by atoms with Crippen LogP contribution in [0.5, 0.6) is 23.0 Å². The van der Waals surface area contributed by atoms with Gasteiger partial charge in [0.1, 0.15) is 23.0 Å². The maximum Gasteiger partial charge on any atom is 0.115 e. The Hall–Kier alpha value is -4.34. The molecule has 5 aliphatic heterocycles. The minimum absolute atomic E-state index is 0.0289. The van der Waals surface area contributed by atoms with Crippen LogP contribution < -0.4 is 21.3 Å². The molecule has 52 heavy (non-hydrogen) atoms. The maximum atomic E-state index is 10.7. The van der Waals surface area contributed by atoms with Crippen molar-refractivity contribution in [2.24, 2.45) is 0 Å². The highest BCUT2D eigenvalue weighted by Crippen LogP contribution is 2.45. The van der Waals surface area contributed by atoms with Crippen LogP contribution in [0.1, 0.15) is 84.5 Å². The Kier molecular flexibility index (Phi) is 8.95. The van der Waals surface area contributed by atoms with Crippen molar-refractivity contribution in [3.63, 3.8) is 0 Å². The summed E-state index contributed by atoms with van der Waals surface area (Å²) in [7, 11) is 0. The Labute approximate surface area is 306 Å². The first-order chi connectivity index (χ1) is 25.4. The van der Waals surface area contributed by atoms with Crippen molar-refractivity contribution in [1.82, 2.24) is 21.3 Å². The average molecular weight is 699 g/mol. The summed E-state index contributed by atoms with van der Waals surface area (Å²) >= 11 is 0. The van der Waals surface area contributed by atoms with Crippen molar-refractivity contribution >= 4 is 0 Å². The first-order valence-electron chi connectivity index (χ1n) is 19.3. The van der Waals surface area contributed by atoms with Crippen LogP contribution in [-0.2, 0) is 0 Å². The highest BCUT2D eigenvalue weighted by molar-refractivity contribution is 5.40. The van der Waals surface area contributed by atoms with Crippen LogP contribution in [-0.4, -0.2) is 68.8 Å². The molecule has 270 valence electrons. The molecule has 0 aliphatic carbocycles. The van der Waals surface area contributed by atoms with Gasteiger partial charge in [-0.3, -0.25) is 0 Å². The third-order valence-corrected chi connectivity index (χ3v) is 13.0. The van der Waals surface area contributed by atoms with Crippen molar-refractivity contribution in [1.29, 1.82) is 0 Å². The van der Waals surface area contributed by atoms with E-state index in [1.54, 1.807) is 24.3 Å². The van der Waals surface area contributed by atoms with Gasteiger partial charge < -0.3 is 41.7 Å². The minimum Gasteiger partial charge on any atom is -0.508 e. The second-order valence-corrected chi connectivity index (χ2v) is 16.0. The molecule has 8 bridgehead atoms. The van der Waals surface area contributed by atoms with E-state index < -0.39 is 0 Å². The molecule has 8 N–H and O–H groups in total. The second-order valence-electron chi connectivity index (χ2n) is 16.0. The van der Waals surface area contributed by atoms with E-state index in [1.807, 2.05) is 48.5 Å². The first-order valence-corrected chi connectivity index (χ1v) is 19.3. The molecular formula is C44H50N4O4. The second kappa shape index (κ2) is 13.9. The van der Waals surface area contributed by atoms with E-state index in [0.29, 0.717) is 0 Å². The van der Waals surface area contributed by atoms with Gasteiger partial charge in [0.05, 0.1) is 0 Å². The van der Waals surface area contributed by atoms with Crippen molar-refractivity contribution < 1.29 is 20.4 Å². The van der Waals surface area contributed by atoms with Gasteiger partial charge in [0.25, 0.3) is 0 Å². The Balaban J connectivity index is 1.15. The summed E-state index contributed by atoms with van der Waals surface area (Å²) in [4.78, 5) is 0. The highest BCUT2D eigenvalue weighted by atomic mass is 16.3. The molecule has 12 atom stereocenters. The predicted molar refractivity (Wildman–Crippen MR) is 203 cm³/mol. The molecule has 0 saturated carbocycles. The van der Waals surface area contributed by atoms with Crippen molar-refractivity contribution in [3.8, 4) is 23.0 Å². The molecule has 8 heteroatoms. The van der Waals surface area contributed by atoms with Crippen LogP contribution in [0.25, 0.3) is 0 Å². The number of nitrogens with one attached hydrogen (secondary N) is 4. The number of rotatable bonds is 4. The fourth-order valence-electron chi connectivity index (χ4n) is 10.9. The predicted octanol–water partition coefficient (Wildman–Crippen LogP) is 6.22. The number of hydrogen-bond acceptors (Lipinski definition) is 8. The van der Waals surface area contributed by atoms with Gasteiger partial charge in [0, 0.05) is 72.0 Å². The zero-order valence-electron chi connectivity index (χ0n) is 29.4. The first kappa shape index (κ1) is 33.5. The van der Waals surface area contributed by atoms with Crippen LogP contribution in [0.2, 0.25) is 0 Å². The molecule has 4 saturated heterocycles. The third-order valence-electron chi connectivity index (χ3n) is 13.0.